The fourth-order valence-corrected chi connectivity index (χ4v) is 4.94. The van der Waals surface area contributed by atoms with E-state index in [0.29, 0.717) is 42.3 Å². The predicted octanol–water partition coefficient (Wildman–Crippen LogP) is 2.75. The van der Waals surface area contributed by atoms with Gasteiger partial charge in [-0.3, -0.25) is 4.79 Å². The Morgan fingerprint density at radius 3 is 2.30 bits per heavy atom. The Morgan fingerprint density at radius 1 is 1.00 bits per heavy atom. The first-order chi connectivity index (χ1) is 14.4. The average molecular weight is 435 g/mol. The number of hydrogen-bond donors (Lipinski definition) is 1. The van der Waals surface area contributed by atoms with E-state index >= 15 is 0 Å². The van der Waals surface area contributed by atoms with Crippen LogP contribution >= 0.6 is 0 Å². The third-order valence-electron chi connectivity index (χ3n) is 5.12. The Labute approximate surface area is 176 Å². The second-order valence-corrected chi connectivity index (χ2v) is 8.87. The number of carbonyl (C=O) groups is 1. The van der Waals surface area contributed by atoms with Crippen LogP contribution in [0.3, 0.4) is 0 Å². The van der Waals surface area contributed by atoms with Crippen molar-refractivity contribution in [1.29, 1.82) is 0 Å². The number of ether oxygens (including phenoxy) is 3. The summed E-state index contributed by atoms with van der Waals surface area (Å²) in [5, 5.41) is 2.85. The minimum Gasteiger partial charge on any atom is -0.497 e. The number of nitrogens with zero attached hydrogens (tertiary/aromatic N) is 1. The monoisotopic (exact) mass is 434 g/mol. The summed E-state index contributed by atoms with van der Waals surface area (Å²) in [4.78, 5) is 13.1. The number of piperidine rings is 1. The van der Waals surface area contributed by atoms with Gasteiger partial charge in [0, 0.05) is 19.2 Å². The van der Waals surface area contributed by atoms with Gasteiger partial charge in [0.05, 0.1) is 37.8 Å². The van der Waals surface area contributed by atoms with Crippen molar-refractivity contribution in [2.45, 2.75) is 17.7 Å². The van der Waals surface area contributed by atoms with Crippen LogP contribution in [0.25, 0.3) is 0 Å². The van der Waals surface area contributed by atoms with Crippen LogP contribution in [-0.4, -0.2) is 53.0 Å². The zero-order valence-corrected chi connectivity index (χ0v) is 18.1. The predicted molar refractivity (Wildman–Crippen MR) is 113 cm³/mol. The van der Waals surface area contributed by atoms with Crippen molar-refractivity contribution in [3.63, 3.8) is 0 Å². The summed E-state index contributed by atoms with van der Waals surface area (Å²) in [6.45, 7) is 0.493. The molecule has 0 aromatic heterocycles. The van der Waals surface area contributed by atoms with Crippen molar-refractivity contribution in [2.24, 2.45) is 5.92 Å². The Hall–Kier alpha value is -2.78. The van der Waals surface area contributed by atoms with E-state index in [2.05, 4.69) is 5.32 Å². The maximum atomic E-state index is 13.0. The van der Waals surface area contributed by atoms with Gasteiger partial charge in [0.25, 0.3) is 0 Å². The molecular formula is C21H26N2O6S. The van der Waals surface area contributed by atoms with Gasteiger partial charge in [-0.2, -0.15) is 4.31 Å². The highest BCUT2D eigenvalue weighted by Gasteiger charge is 2.33. The first-order valence-electron chi connectivity index (χ1n) is 9.56. The molecule has 1 aliphatic rings. The number of rotatable bonds is 7. The summed E-state index contributed by atoms with van der Waals surface area (Å²) >= 11 is 0. The van der Waals surface area contributed by atoms with Crippen LogP contribution in [0, 0.1) is 5.92 Å². The molecule has 0 bridgehead atoms. The number of benzene rings is 2. The summed E-state index contributed by atoms with van der Waals surface area (Å²) in [5.74, 6) is 0.942. The van der Waals surface area contributed by atoms with Crippen LogP contribution in [0.1, 0.15) is 12.8 Å². The van der Waals surface area contributed by atoms with E-state index in [-0.39, 0.29) is 17.3 Å². The second kappa shape index (κ2) is 9.36. The summed E-state index contributed by atoms with van der Waals surface area (Å²) in [5.41, 5.74) is 0.483. The van der Waals surface area contributed by atoms with Gasteiger partial charge in [-0.25, -0.2) is 8.42 Å². The minimum absolute atomic E-state index is 0.118. The molecule has 1 fully saturated rings. The Kier molecular flexibility index (Phi) is 6.84. The molecule has 2 aromatic carbocycles. The molecule has 3 rings (SSSR count). The lowest BCUT2D eigenvalue weighted by molar-refractivity contribution is -0.120. The van der Waals surface area contributed by atoms with Crippen LogP contribution in [0.15, 0.2) is 47.4 Å². The van der Waals surface area contributed by atoms with Crippen LogP contribution in [0.2, 0.25) is 0 Å². The summed E-state index contributed by atoms with van der Waals surface area (Å²) < 4.78 is 43.0. The van der Waals surface area contributed by atoms with Crippen molar-refractivity contribution in [1.82, 2.24) is 4.31 Å². The Bertz CT molecular complexity index is 991. The number of sulfonamides is 1. The molecule has 1 unspecified atom stereocenters. The quantitative estimate of drug-likeness (QED) is 0.720. The van der Waals surface area contributed by atoms with Crippen LogP contribution in [0.4, 0.5) is 5.69 Å². The maximum Gasteiger partial charge on any atom is 0.243 e. The Morgan fingerprint density at radius 2 is 1.67 bits per heavy atom. The lowest BCUT2D eigenvalue weighted by Gasteiger charge is -2.31. The number of amides is 1. The lowest BCUT2D eigenvalue weighted by Crippen LogP contribution is -2.43. The Balaban J connectivity index is 1.74. The topological polar surface area (TPSA) is 94.2 Å². The third kappa shape index (κ3) is 4.68. The number of carbonyl (C=O) groups excluding carboxylic acids is 1. The van der Waals surface area contributed by atoms with E-state index in [4.69, 9.17) is 14.2 Å². The second-order valence-electron chi connectivity index (χ2n) is 6.93. The SMILES string of the molecule is COc1ccc(S(=O)(=O)N2CCCC(C(=O)Nc3cc(OC)ccc3OC)C2)cc1. The van der Waals surface area contributed by atoms with Crippen LogP contribution in [-0.2, 0) is 14.8 Å². The van der Waals surface area contributed by atoms with Gasteiger partial charge < -0.3 is 19.5 Å². The molecule has 1 saturated heterocycles. The van der Waals surface area contributed by atoms with E-state index in [9.17, 15) is 13.2 Å². The standard InChI is InChI=1S/C21H26N2O6S/c1-27-16-6-9-18(10-7-16)30(25,26)23-12-4-5-15(14-23)21(24)22-19-13-17(28-2)8-11-20(19)29-3/h6-11,13,15H,4-5,12,14H2,1-3H3,(H,22,24). The van der Waals surface area contributed by atoms with Gasteiger partial charge in [-0.05, 0) is 49.2 Å². The summed E-state index contributed by atoms with van der Waals surface area (Å²) in [6.07, 6.45) is 1.20. The fraction of sp³-hybridized carbons (Fsp3) is 0.381. The smallest absolute Gasteiger partial charge is 0.243 e. The lowest BCUT2D eigenvalue weighted by atomic mass is 9.98. The van der Waals surface area contributed by atoms with Crippen LogP contribution in [0.5, 0.6) is 17.2 Å². The van der Waals surface area contributed by atoms with Gasteiger partial charge in [0.15, 0.2) is 0 Å². The van der Waals surface area contributed by atoms with Crippen molar-refractivity contribution >= 4 is 21.6 Å². The van der Waals surface area contributed by atoms with E-state index in [1.54, 1.807) is 30.3 Å². The highest BCUT2D eigenvalue weighted by Crippen LogP contribution is 2.31. The third-order valence-corrected chi connectivity index (χ3v) is 7.00. The molecule has 1 amide bonds. The van der Waals surface area contributed by atoms with Gasteiger partial charge in [-0.1, -0.05) is 0 Å². The molecule has 2 aromatic rings. The molecule has 0 aliphatic carbocycles. The minimum atomic E-state index is -3.70. The van der Waals surface area contributed by atoms with E-state index < -0.39 is 15.9 Å². The molecule has 9 heteroatoms. The molecule has 162 valence electrons. The molecule has 1 atom stereocenters. The zero-order valence-electron chi connectivity index (χ0n) is 17.3. The average Bonchev–Trinajstić information content (AvgIpc) is 2.79. The van der Waals surface area contributed by atoms with Gasteiger partial charge >= 0.3 is 0 Å². The first kappa shape index (κ1) is 21.9. The largest absolute Gasteiger partial charge is 0.497 e. The number of nitrogens with one attached hydrogen (secondary N) is 1. The van der Waals surface area contributed by atoms with Crippen molar-refractivity contribution in [3.8, 4) is 17.2 Å². The number of hydrogen-bond acceptors (Lipinski definition) is 6. The van der Waals surface area contributed by atoms with Crippen molar-refractivity contribution in [3.05, 3.63) is 42.5 Å². The van der Waals surface area contributed by atoms with Gasteiger partial charge in [0.1, 0.15) is 17.2 Å². The van der Waals surface area contributed by atoms with E-state index in [1.165, 1.54) is 37.8 Å². The van der Waals surface area contributed by atoms with E-state index in [0.717, 1.165) is 0 Å². The first-order valence-corrected chi connectivity index (χ1v) is 11.0. The highest BCUT2D eigenvalue weighted by molar-refractivity contribution is 7.89. The normalized spacial score (nSPS) is 17.2. The molecule has 0 saturated carbocycles. The summed E-state index contributed by atoms with van der Waals surface area (Å²) in [7, 11) is 0.879. The molecule has 1 heterocycles. The van der Waals surface area contributed by atoms with Gasteiger partial charge in [0.2, 0.25) is 15.9 Å². The number of anilines is 1. The summed E-state index contributed by atoms with van der Waals surface area (Å²) in [6, 6.07) is 11.4. The molecular weight excluding hydrogens is 408 g/mol. The molecule has 30 heavy (non-hydrogen) atoms. The number of methoxy groups -OCH3 is 3. The van der Waals surface area contributed by atoms with Crippen molar-refractivity contribution < 1.29 is 27.4 Å². The maximum absolute atomic E-state index is 13.0. The van der Waals surface area contributed by atoms with Crippen molar-refractivity contribution in [2.75, 3.05) is 39.7 Å². The highest BCUT2D eigenvalue weighted by atomic mass is 32.2. The molecule has 1 aliphatic heterocycles. The van der Waals surface area contributed by atoms with Gasteiger partial charge in [-0.15, -0.1) is 0 Å². The fourth-order valence-electron chi connectivity index (χ4n) is 3.42. The molecule has 8 nitrogen and oxygen atoms in total. The molecule has 1 N–H and O–H groups in total. The molecule has 0 radical (unpaired) electrons. The molecule has 0 spiro atoms. The van der Waals surface area contributed by atoms with Crippen LogP contribution < -0.4 is 19.5 Å². The zero-order chi connectivity index (χ0) is 21.7. The van der Waals surface area contributed by atoms with E-state index in [1.807, 2.05) is 0 Å².